The van der Waals surface area contributed by atoms with Crippen LogP contribution in [0.25, 0.3) is 0 Å². The summed E-state index contributed by atoms with van der Waals surface area (Å²) >= 11 is 6.05. The van der Waals surface area contributed by atoms with Gasteiger partial charge in [-0.2, -0.15) is 0 Å². The van der Waals surface area contributed by atoms with E-state index in [-0.39, 0.29) is 11.9 Å². The molecule has 0 unspecified atom stereocenters. The number of anilines is 1. The Hall–Kier alpha value is -1.46. The fraction of sp³-hybridized carbons (Fsp3) is 0.562. The van der Waals surface area contributed by atoms with Gasteiger partial charge in [0.15, 0.2) is 0 Å². The van der Waals surface area contributed by atoms with Gasteiger partial charge in [-0.3, -0.25) is 4.79 Å². The van der Waals surface area contributed by atoms with Gasteiger partial charge in [0.25, 0.3) is 5.91 Å². The zero-order chi connectivity index (χ0) is 15.7. The van der Waals surface area contributed by atoms with Gasteiger partial charge >= 0.3 is 0 Å². The Balaban J connectivity index is 1.75. The third kappa shape index (κ3) is 3.01. The third-order valence-electron chi connectivity index (χ3n) is 4.75. The Labute approximate surface area is 135 Å². The number of ether oxygens (including phenoxy) is 1. The first-order chi connectivity index (χ1) is 10.6. The summed E-state index contributed by atoms with van der Waals surface area (Å²) in [7, 11) is 1.53. The monoisotopic (exact) mass is 323 g/mol. The molecule has 0 aromatic heterocycles. The average molecular weight is 324 g/mol. The number of halogens is 1. The van der Waals surface area contributed by atoms with E-state index >= 15 is 0 Å². The molecule has 120 valence electrons. The number of hydrogen-bond donors (Lipinski definition) is 2. The fourth-order valence-corrected chi connectivity index (χ4v) is 3.70. The third-order valence-corrected chi connectivity index (χ3v) is 5.07. The van der Waals surface area contributed by atoms with Gasteiger partial charge in [0.05, 0.1) is 23.4 Å². The molecule has 6 heteroatoms. The highest BCUT2D eigenvalue weighted by Gasteiger charge is 2.33. The molecule has 3 N–H and O–H groups in total. The predicted octanol–water partition coefficient (Wildman–Crippen LogP) is 2.14. The zero-order valence-electron chi connectivity index (χ0n) is 12.8. The van der Waals surface area contributed by atoms with Gasteiger partial charge in [0.1, 0.15) is 5.75 Å². The molecule has 0 radical (unpaired) electrons. The van der Waals surface area contributed by atoms with Gasteiger partial charge in [0, 0.05) is 25.2 Å². The second-order valence-corrected chi connectivity index (χ2v) is 6.55. The predicted molar refractivity (Wildman–Crippen MR) is 87.5 cm³/mol. The van der Waals surface area contributed by atoms with E-state index in [1.165, 1.54) is 26.5 Å². The summed E-state index contributed by atoms with van der Waals surface area (Å²) in [6.45, 7) is 3.34. The van der Waals surface area contributed by atoms with Crippen molar-refractivity contribution in [2.24, 2.45) is 5.92 Å². The van der Waals surface area contributed by atoms with E-state index in [0.29, 0.717) is 27.9 Å². The number of benzene rings is 1. The molecule has 2 saturated heterocycles. The van der Waals surface area contributed by atoms with Gasteiger partial charge in [-0.1, -0.05) is 11.6 Å². The summed E-state index contributed by atoms with van der Waals surface area (Å²) in [6.07, 6.45) is 3.40. The zero-order valence-corrected chi connectivity index (χ0v) is 13.5. The Morgan fingerprint density at radius 1 is 1.41 bits per heavy atom. The minimum absolute atomic E-state index is 0.136. The molecule has 1 aromatic carbocycles. The number of nitrogens with one attached hydrogen (secondary N) is 1. The van der Waals surface area contributed by atoms with Crippen LogP contribution in [-0.4, -0.2) is 43.6 Å². The van der Waals surface area contributed by atoms with Gasteiger partial charge in [-0.25, -0.2) is 0 Å². The van der Waals surface area contributed by atoms with E-state index in [2.05, 4.69) is 10.2 Å². The lowest BCUT2D eigenvalue weighted by Crippen LogP contribution is -2.53. The molecule has 2 heterocycles. The number of piperidine rings is 2. The number of hydrogen-bond acceptors (Lipinski definition) is 4. The van der Waals surface area contributed by atoms with Crippen LogP contribution < -0.4 is 15.8 Å². The lowest BCUT2D eigenvalue weighted by molar-refractivity contribution is 0.0737. The van der Waals surface area contributed by atoms with Crippen molar-refractivity contribution in [3.63, 3.8) is 0 Å². The lowest BCUT2D eigenvalue weighted by Gasteiger charge is -2.42. The van der Waals surface area contributed by atoms with Crippen LogP contribution in [0.2, 0.25) is 5.02 Å². The smallest absolute Gasteiger partial charge is 0.255 e. The topological polar surface area (TPSA) is 67.6 Å². The van der Waals surface area contributed by atoms with Crippen molar-refractivity contribution >= 4 is 23.2 Å². The lowest BCUT2D eigenvalue weighted by atomic mass is 9.85. The normalized spacial score (nSPS) is 27.3. The van der Waals surface area contributed by atoms with Crippen LogP contribution in [0.4, 0.5) is 5.69 Å². The number of nitrogens with zero attached hydrogens (tertiary/aromatic N) is 1. The quantitative estimate of drug-likeness (QED) is 0.836. The summed E-state index contributed by atoms with van der Waals surface area (Å²) < 4.78 is 5.27. The molecule has 2 bridgehead atoms. The summed E-state index contributed by atoms with van der Waals surface area (Å²) in [5, 5.41) is 3.54. The summed E-state index contributed by atoms with van der Waals surface area (Å²) in [5.41, 5.74) is 6.62. The van der Waals surface area contributed by atoms with Crippen molar-refractivity contribution < 1.29 is 9.53 Å². The molecule has 3 rings (SSSR count). The standard InChI is InChI=1S/C16H22ClN3O2/c1-22-15-8-13(18)12(17)7-11(15)16(21)19-14-4-6-20-5-2-3-10(14)9-20/h7-8,10,14H,2-6,9,18H2,1H3,(H,19,21)/t10-,14+/m0/s1. The highest BCUT2D eigenvalue weighted by Crippen LogP contribution is 2.30. The van der Waals surface area contributed by atoms with E-state index in [9.17, 15) is 4.79 Å². The number of carbonyl (C=O) groups excluding carboxylic acids is 1. The minimum atomic E-state index is -0.136. The van der Waals surface area contributed by atoms with E-state index in [0.717, 1.165) is 19.5 Å². The van der Waals surface area contributed by atoms with Gasteiger partial charge < -0.3 is 20.7 Å². The number of rotatable bonds is 3. The first kappa shape index (κ1) is 15.4. The number of amides is 1. The molecule has 1 amide bonds. The van der Waals surface area contributed by atoms with Crippen LogP contribution in [0.15, 0.2) is 12.1 Å². The molecule has 22 heavy (non-hydrogen) atoms. The molecule has 5 nitrogen and oxygen atoms in total. The van der Waals surface area contributed by atoms with Gasteiger partial charge in [-0.05, 0) is 37.8 Å². The van der Waals surface area contributed by atoms with Gasteiger partial charge in [0.2, 0.25) is 0 Å². The molecule has 0 saturated carbocycles. The summed E-state index contributed by atoms with van der Waals surface area (Å²) in [5.74, 6) is 0.866. The number of nitrogens with two attached hydrogens (primary N) is 1. The van der Waals surface area contributed by atoms with Crippen molar-refractivity contribution in [3.8, 4) is 5.75 Å². The molecule has 0 spiro atoms. The molecular formula is C16H22ClN3O2. The molecule has 3 atom stereocenters. The Kier molecular flexibility index (Phi) is 4.45. The molecule has 2 aliphatic heterocycles. The van der Waals surface area contributed by atoms with Crippen LogP contribution in [-0.2, 0) is 0 Å². The van der Waals surface area contributed by atoms with E-state index < -0.39 is 0 Å². The summed E-state index contributed by atoms with van der Waals surface area (Å²) in [4.78, 5) is 15.1. The highest BCUT2D eigenvalue weighted by atomic mass is 35.5. The Bertz CT molecular complexity index is 579. The molecule has 0 aliphatic carbocycles. The van der Waals surface area contributed by atoms with Crippen molar-refractivity contribution in [3.05, 3.63) is 22.7 Å². The van der Waals surface area contributed by atoms with Crippen LogP contribution in [0, 0.1) is 5.92 Å². The van der Waals surface area contributed by atoms with Crippen molar-refractivity contribution in [1.29, 1.82) is 0 Å². The van der Waals surface area contributed by atoms with Crippen molar-refractivity contribution in [2.75, 3.05) is 32.5 Å². The molecule has 2 fully saturated rings. The highest BCUT2D eigenvalue weighted by molar-refractivity contribution is 6.33. The molecular weight excluding hydrogens is 302 g/mol. The largest absolute Gasteiger partial charge is 0.496 e. The van der Waals surface area contributed by atoms with Crippen LogP contribution in [0.1, 0.15) is 29.6 Å². The van der Waals surface area contributed by atoms with Crippen LogP contribution in [0.5, 0.6) is 5.75 Å². The number of fused-ring (bicyclic) bond motifs is 2. The molecule has 2 aliphatic rings. The first-order valence-electron chi connectivity index (χ1n) is 7.74. The number of nitrogen functional groups attached to an aromatic ring is 1. The Morgan fingerprint density at radius 2 is 2.23 bits per heavy atom. The van der Waals surface area contributed by atoms with E-state index in [4.69, 9.17) is 22.1 Å². The SMILES string of the molecule is COc1cc(N)c(Cl)cc1C(=O)N[C@@H]1CC[N@]2CCC[C@H]1C2. The second-order valence-electron chi connectivity index (χ2n) is 6.15. The first-order valence-corrected chi connectivity index (χ1v) is 8.12. The van der Waals surface area contributed by atoms with Crippen molar-refractivity contribution in [1.82, 2.24) is 10.2 Å². The maximum Gasteiger partial charge on any atom is 0.255 e. The minimum Gasteiger partial charge on any atom is -0.496 e. The second kappa shape index (κ2) is 6.34. The maximum atomic E-state index is 12.6. The number of carbonyl (C=O) groups is 1. The van der Waals surface area contributed by atoms with Crippen LogP contribution >= 0.6 is 11.6 Å². The average Bonchev–Trinajstić information content (AvgIpc) is 2.52. The fourth-order valence-electron chi connectivity index (χ4n) is 3.53. The Morgan fingerprint density at radius 3 is 3.00 bits per heavy atom. The van der Waals surface area contributed by atoms with Crippen LogP contribution in [0.3, 0.4) is 0 Å². The van der Waals surface area contributed by atoms with E-state index in [1.807, 2.05) is 0 Å². The summed E-state index contributed by atoms with van der Waals surface area (Å²) in [6, 6.07) is 3.41. The molecule has 1 aromatic rings. The van der Waals surface area contributed by atoms with E-state index in [1.54, 1.807) is 12.1 Å². The maximum absolute atomic E-state index is 12.6. The van der Waals surface area contributed by atoms with Crippen molar-refractivity contribution in [2.45, 2.75) is 25.3 Å². The van der Waals surface area contributed by atoms with Gasteiger partial charge in [-0.15, -0.1) is 0 Å². The number of methoxy groups -OCH3 is 1.